The molecule has 0 aliphatic carbocycles. The number of benzene rings is 2. The summed E-state index contributed by atoms with van der Waals surface area (Å²) in [6.07, 6.45) is 1.01. The van der Waals surface area contributed by atoms with Crippen LogP contribution in [-0.4, -0.2) is 48.0 Å². The molecule has 1 aliphatic heterocycles. The van der Waals surface area contributed by atoms with Crippen molar-refractivity contribution in [2.24, 2.45) is 0 Å². The molecule has 1 aliphatic rings. The molecule has 0 aromatic heterocycles. The van der Waals surface area contributed by atoms with Gasteiger partial charge in [-0.05, 0) is 50.2 Å². The number of likely N-dealkylation sites (tertiary alicyclic amines) is 1. The van der Waals surface area contributed by atoms with Crippen LogP contribution in [0.15, 0.2) is 54.6 Å². The molecule has 1 saturated heterocycles. The topological polar surface area (TPSA) is 43.8 Å². The molecule has 5 heteroatoms. The number of hydrogen-bond donors (Lipinski definition) is 1. The van der Waals surface area contributed by atoms with Gasteiger partial charge in [-0.2, -0.15) is 0 Å². The average molecular weight is 356 g/mol. The van der Waals surface area contributed by atoms with Gasteiger partial charge >= 0.3 is 0 Å². The van der Waals surface area contributed by atoms with Crippen LogP contribution in [0.2, 0.25) is 0 Å². The molecule has 1 heterocycles. The van der Waals surface area contributed by atoms with E-state index in [9.17, 15) is 14.3 Å². The van der Waals surface area contributed by atoms with Crippen LogP contribution in [-0.2, 0) is 10.4 Å². The summed E-state index contributed by atoms with van der Waals surface area (Å²) < 4.78 is 13.2. The Morgan fingerprint density at radius 3 is 2.19 bits per heavy atom. The number of carbonyl (C=O) groups is 1. The standard InChI is InChI=1S/C21H25FN2O2/c1-23(2)19(16-8-10-18(22)11-9-16)20(25)24-14-12-21(26,13-15-24)17-6-4-3-5-7-17/h3-11,19,26H,12-15H2,1-2H3. The molecule has 138 valence electrons. The van der Waals surface area contributed by atoms with Crippen molar-refractivity contribution in [3.63, 3.8) is 0 Å². The quantitative estimate of drug-likeness (QED) is 0.916. The minimum absolute atomic E-state index is 0.0169. The molecule has 0 saturated carbocycles. The molecule has 1 atom stereocenters. The molecule has 0 radical (unpaired) electrons. The molecular weight excluding hydrogens is 331 g/mol. The molecule has 0 spiro atoms. The zero-order valence-electron chi connectivity index (χ0n) is 15.2. The van der Waals surface area contributed by atoms with Crippen LogP contribution in [0.5, 0.6) is 0 Å². The minimum atomic E-state index is -0.887. The van der Waals surface area contributed by atoms with Crippen molar-refractivity contribution in [2.45, 2.75) is 24.5 Å². The first-order valence-electron chi connectivity index (χ1n) is 8.89. The number of hydrogen-bond acceptors (Lipinski definition) is 3. The fraction of sp³-hybridized carbons (Fsp3) is 0.381. The van der Waals surface area contributed by atoms with E-state index in [0.29, 0.717) is 25.9 Å². The Balaban J connectivity index is 1.73. The highest BCUT2D eigenvalue weighted by Crippen LogP contribution is 2.34. The highest BCUT2D eigenvalue weighted by atomic mass is 19.1. The Labute approximate surface area is 153 Å². The zero-order chi connectivity index (χ0) is 18.7. The highest BCUT2D eigenvalue weighted by Gasteiger charge is 2.37. The average Bonchev–Trinajstić information content (AvgIpc) is 2.64. The first kappa shape index (κ1) is 18.5. The second-order valence-electron chi connectivity index (χ2n) is 7.14. The first-order chi connectivity index (χ1) is 12.4. The van der Waals surface area contributed by atoms with Crippen LogP contribution in [0.4, 0.5) is 4.39 Å². The second-order valence-corrected chi connectivity index (χ2v) is 7.14. The van der Waals surface area contributed by atoms with Crippen LogP contribution in [0.25, 0.3) is 0 Å². The van der Waals surface area contributed by atoms with E-state index in [4.69, 9.17) is 0 Å². The molecular formula is C21H25FN2O2. The third-order valence-electron chi connectivity index (χ3n) is 5.15. The summed E-state index contributed by atoms with van der Waals surface area (Å²) >= 11 is 0. The number of likely N-dealkylation sites (N-methyl/N-ethyl adjacent to an activating group) is 1. The van der Waals surface area contributed by atoms with Gasteiger partial charge in [-0.3, -0.25) is 9.69 Å². The van der Waals surface area contributed by atoms with E-state index in [1.807, 2.05) is 49.3 Å². The summed E-state index contributed by atoms with van der Waals surface area (Å²) in [5.74, 6) is -0.332. The van der Waals surface area contributed by atoms with Gasteiger partial charge in [-0.25, -0.2) is 4.39 Å². The van der Waals surface area contributed by atoms with E-state index in [-0.39, 0.29) is 11.7 Å². The molecule has 4 nitrogen and oxygen atoms in total. The zero-order valence-corrected chi connectivity index (χ0v) is 15.2. The third kappa shape index (κ3) is 3.79. The van der Waals surface area contributed by atoms with Crippen molar-refractivity contribution in [3.05, 3.63) is 71.5 Å². The van der Waals surface area contributed by atoms with Crippen molar-refractivity contribution in [1.82, 2.24) is 9.80 Å². The Hall–Kier alpha value is -2.24. The fourth-order valence-corrected chi connectivity index (χ4v) is 3.61. The highest BCUT2D eigenvalue weighted by molar-refractivity contribution is 5.83. The maximum Gasteiger partial charge on any atom is 0.244 e. The molecule has 26 heavy (non-hydrogen) atoms. The van der Waals surface area contributed by atoms with Crippen molar-refractivity contribution < 1.29 is 14.3 Å². The van der Waals surface area contributed by atoms with E-state index >= 15 is 0 Å². The number of amides is 1. The van der Waals surface area contributed by atoms with Gasteiger partial charge in [0.2, 0.25) is 5.91 Å². The SMILES string of the molecule is CN(C)C(C(=O)N1CCC(O)(c2ccccc2)CC1)c1ccc(F)cc1. The molecule has 1 N–H and O–H groups in total. The van der Waals surface area contributed by atoms with Crippen molar-refractivity contribution in [2.75, 3.05) is 27.2 Å². The number of carbonyl (C=O) groups excluding carboxylic acids is 1. The van der Waals surface area contributed by atoms with E-state index in [1.165, 1.54) is 12.1 Å². The summed E-state index contributed by atoms with van der Waals surface area (Å²) in [6.45, 7) is 0.992. The molecule has 1 unspecified atom stereocenters. The van der Waals surface area contributed by atoms with Gasteiger partial charge in [0, 0.05) is 13.1 Å². The maximum atomic E-state index is 13.2. The molecule has 2 aromatic rings. The third-order valence-corrected chi connectivity index (χ3v) is 5.15. The summed E-state index contributed by atoms with van der Waals surface area (Å²) in [5, 5.41) is 10.9. The van der Waals surface area contributed by atoms with E-state index < -0.39 is 11.6 Å². The lowest BCUT2D eigenvalue weighted by Gasteiger charge is -2.40. The molecule has 2 aromatic carbocycles. The van der Waals surface area contributed by atoms with Gasteiger partial charge in [0.05, 0.1) is 5.60 Å². The number of piperidine rings is 1. The Morgan fingerprint density at radius 1 is 1.08 bits per heavy atom. The first-order valence-corrected chi connectivity index (χ1v) is 8.89. The van der Waals surface area contributed by atoms with Gasteiger partial charge in [-0.1, -0.05) is 42.5 Å². The number of halogens is 1. The van der Waals surface area contributed by atoms with Crippen LogP contribution >= 0.6 is 0 Å². The Morgan fingerprint density at radius 2 is 1.65 bits per heavy atom. The van der Waals surface area contributed by atoms with Gasteiger partial charge < -0.3 is 10.0 Å². The van der Waals surface area contributed by atoms with Crippen LogP contribution in [0.1, 0.15) is 30.0 Å². The summed E-state index contributed by atoms with van der Waals surface area (Å²) in [5.41, 5.74) is 0.779. The van der Waals surface area contributed by atoms with E-state index in [0.717, 1.165) is 11.1 Å². The van der Waals surface area contributed by atoms with E-state index in [1.54, 1.807) is 17.0 Å². The lowest BCUT2D eigenvalue weighted by Crippen LogP contribution is -2.48. The number of rotatable bonds is 4. The Kier molecular flexibility index (Phi) is 5.39. The van der Waals surface area contributed by atoms with Crippen LogP contribution in [0, 0.1) is 5.82 Å². The molecule has 1 fully saturated rings. The van der Waals surface area contributed by atoms with Crippen LogP contribution < -0.4 is 0 Å². The van der Waals surface area contributed by atoms with Gasteiger partial charge in [0.1, 0.15) is 11.9 Å². The largest absolute Gasteiger partial charge is 0.385 e. The molecule has 3 rings (SSSR count). The van der Waals surface area contributed by atoms with Crippen molar-refractivity contribution >= 4 is 5.91 Å². The predicted molar refractivity (Wildman–Crippen MR) is 99.0 cm³/mol. The smallest absolute Gasteiger partial charge is 0.244 e. The number of nitrogens with zero attached hydrogens (tertiary/aromatic N) is 2. The van der Waals surface area contributed by atoms with E-state index in [2.05, 4.69) is 0 Å². The summed E-state index contributed by atoms with van der Waals surface area (Å²) in [6, 6.07) is 15.2. The Bertz CT molecular complexity index is 738. The molecule has 0 bridgehead atoms. The van der Waals surface area contributed by atoms with Crippen molar-refractivity contribution in [1.29, 1.82) is 0 Å². The monoisotopic (exact) mass is 356 g/mol. The number of aliphatic hydroxyl groups is 1. The summed E-state index contributed by atoms with van der Waals surface area (Å²) in [4.78, 5) is 16.7. The molecule has 1 amide bonds. The minimum Gasteiger partial charge on any atom is -0.385 e. The maximum absolute atomic E-state index is 13.2. The summed E-state index contributed by atoms with van der Waals surface area (Å²) in [7, 11) is 3.69. The van der Waals surface area contributed by atoms with Crippen molar-refractivity contribution in [3.8, 4) is 0 Å². The predicted octanol–water partition coefficient (Wildman–Crippen LogP) is 2.94. The lowest BCUT2D eigenvalue weighted by atomic mass is 9.84. The van der Waals surface area contributed by atoms with Crippen LogP contribution in [0.3, 0.4) is 0 Å². The fourth-order valence-electron chi connectivity index (χ4n) is 3.61. The van der Waals surface area contributed by atoms with Gasteiger partial charge in [0.15, 0.2) is 0 Å². The second kappa shape index (κ2) is 7.56. The normalized spacial score (nSPS) is 18.0. The van der Waals surface area contributed by atoms with Gasteiger partial charge in [-0.15, -0.1) is 0 Å². The lowest BCUT2D eigenvalue weighted by molar-refractivity contribution is -0.141. The van der Waals surface area contributed by atoms with Gasteiger partial charge in [0.25, 0.3) is 0 Å².